The molecule has 106 valence electrons. The van der Waals surface area contributed by atoms with Crippen molar-refractivity contribution < 1.29 is 4.74 Å². The first-order chi connectivity index (χ1) is 9.72. The number of nitrogens with two attached hydrogens (primary N) is 1. The summed E-state index contributed by atoms with van der Waals surface area (Å²) in [4.78, 5) is 0. The van der Waals surface area contributed by atoms with Gasteiger partial charge in [0.2, 0.25) is 0 Å². The van der Waals surface area contributed by atoms with E-state index in [1.165, 1.54) is 16.7 Å². The summed E-state index contributed by atoms with van der Waals surface area (Å²) in [5.41, 5.74) is 9.43. The van der Waals surface area contributed by atoms with Crippen molar-refractivity contribution in [3.63, 3.8) is 0 Å². The lowest BCUT2D eigenvalue weighted by Gasteiger charge is -2.10. The molecule has 0 saturated carbocycles. The Bertz CT molecular complexity index is 516. The first-order valence-electron chi connectivity index (χ1n) is 7.16. The Balaban J connectivity index is 2.07. The second-order valence-electron chi connectivity index (χ2n) is 5.31. The minimum atomic E-state index is 0.645. The highest BCUT2D eigenvalue weighted by Crippen LogP contribution is 2.23. The van der Waals surface area contributed by atoms with Crippen LogP contribution in [0.25, 0.3) is 11.1 Å². The SMILES string of the molecule is COc1ccc(-c2ccc(CC(C)CCN)cc2)cc1. The molecule has 1 atom stereocenters. The quantitative estimate of drug-likeness (QED) is 0.863. The lowest BCUT2D eigenvalue weighted by molar-refractivity contribution is 0.415. The first kappa shape index (κ1) is 14.6. The zero-order valence-electron chi connectivity index (χ0n) is 12.3. The van der Waals surface area contributed by atoms with E-state index >= 15 is 0 Å². The van der Waals surface area contributed by atoms with Gasteiger partial charge in [-0.2, -0.15) is 0 Å². The third-order valence-electron chi connectivity index (χ3n) is 3.62. The van der Waals surface area contributed by atoms with Crippen molar-refractivity contribution in [3.8, 4) is 16.9 Å². The van der Waals surface area contributed by atoms with Crippen LogP contribution in [-0.4, -0.2) is 13.7 Å². The molecule has 20 heavy (non-hydrogen) atoms. The van der Waals surface area contributed by atoms with Gasteiger partial charge in [0.1, 0.15) is 5.75 Å². The maximum absolute atomic E-state index is 5.60. The van der Waals surface area contributed by atoms with Gasteiger partial charge in [0, 0.05) is 0 Å². The minimum Gasteiger partial charge on any atom is -0.497 e. The first-order valence-corrected chi connectivity index (χ1v) is 7.16. The second kappa shape index (κ2) is 7.11. The van der Waals surface area contributed by atoms with Gasteiger partial charge in [-0.25, -0.2) is 0 Å². The van der Waals surface area contributed by atoms with Crippen LogP contribution < -0.4 is 10.5 Å². The maximum atomic E-state index is 5.60. The smallest absolute Gasteiger partial charge is 0.118 e. The van der Waals surface area contributed by atoms with Crippen molar-refractivity contribution in [2.75, 3.05) is 13.7 Å². The van der Waals surface area contributed by atoms with Crippen molar-refractivity contribution in [3.05, 3.63) is 54.1 Å². The van der Waals surface area contributed by atoms with Crippen LogP contribution in [0.5, 0.6) is 5.75 Å². The molecule has 1 unspecified atom stereocenters. The van der Waals surface area contributed by atoms with Crippen molar-refractivity contribution in [2.45, 2.75) is 19.8 Å². The molecule has 2 nitrogen and oxygen atoms in total. The zero-order valence-corrected chi connectivity index (χ0v) is 12.3. The van der Waals surface area contributed by atoms with Crippen LogP contribution in [0.2, 0.25) is 0 Å². The molecular weight excluding hydrogens is 246 g/mol. The van der Waals surface area contributed by atoms with Crippen LogP contribution in [0.15, 0.2) is 48.5 Å². The standard InChI is InChI=1S/C18H23NO/c1-14(11-12-19)13-15-3-5-16(6-4-15)17-7-9-18(20-2)10-8-17/h3-10,14H,11-13,19H2,1-2H3. The highest BCUT2D eigenvalue weighted by atomic mass is 16.5. The van der Waals surface area contributed by atoms with Crippen LogP contribution in [0.1, 0.15) is 18.9 Å². The molecule has 2 aromatic carbocycles. The van der Waals surface area contributed by atoms with Crippen LogP contribution in [0.4, 0.5) is 0 Å². The molecular formula is C18H23NO. The molecule has 0 saturated heterocycles. The van der Waals surface area contributed by atoms with Gasteiger partial charge in [-0.05, 0) is 54.1 Å². The Kier molecular flexibility index (Phi) is 5.19. The molecule has 0 amide bonds. The monoisotopic (exact) mass is 269 g/mol. The molecule has 2 heteroatoms. The van der Waals surface area contributed by atoms with E-state index in [4.69, 9.17) is 10.5 Å². The predicted octanol–water partition coefficient (Wildman–Crippen LogP) is 3.89. The van der Waals surface area contributed by atoms with E-state index in [2.05, 4.69) is 43.3 Å². The van der Waals surface area contributed by atoms with Crippen molar-refractivity contribution >= 4 is 0 Å². The largest absolute Gasteiger partial charge is 0.497 e. The number of hydrogen-bond acceptors (Lipinski definition) is 2. The number of benzene rings is 2. The van der Waals surface area contributed by atoms with E-state index in [1.807, 2.05) is 12.1 Å². The Labute approximate surface area is 121 Å². The summed E-state index contributed by atoms with van der Waals surface area (Å²) in [6.07, 6.45) is 2.18. The fourth-order valence-electron chi connectivity index (χ4n) is 2.41. The van der Waals surface area contributed by atoms with Gasteiger partial charge < -0.3 is 10.5 Å². The average molecular weight is 269 g/mol. The Morgan fingerprint density at radius 1 is 0.950 bits per heavy atom. The van der Waals surface area contributed by atoms with Crippen LogP contribution in [0.3, 0.4) is 0 Å². The maximum Gasteiger partial charge on any atom is 0.118 e. The van der Waals surface area contributed by atoms with Crippen molar-refractivity contribution in [2.24, 2.45) is 11.7 Å². The molecule has 0 fully saturated rings. The number of hydrogen-bond donors (Lipinski definition) is 1. The number of methoxy groups -OCH3 is 1. The molecule has 0 aliphatic rings. The predicted molar refractivity (Wildman–Crippen MR) is 85.0 cm³/mol. The van der Waals surface area contributed by atoms with E-state index in [0.29, 0.717) is 5.92 Å². The Morgan fingerprint density at radius 2 is 1.50 bits per heavy atom. The van der Waals surface area contributed by atoms with Gasteiger partial charge >= 0.3 is 0 Å². The third-order valence-corrected chi connectivity index (χ3v) is 3.62. The summed E-state index contributed by atoms with van der Waals surface area (Å²) < 4.78 is 5.18. The minimum absolute atomic E-state index is 0.645. The van der Waals surface area contributed by atoms with E-state index < -0.39 is 0 Å². The summed E-state index contributed by atoms with van der Waals surface area (Å²) in [5.74, 6) is 1.54. The zero-order chi connectivity index (χ0) is 14.4. The third kappa shape index (κ3) is 3.84. The van der Waals surface area contributed by atoms with Crippen molar-refractivity contribution in [1.82, 2.24) is 0 Å². The van der Waals surface area contributed by atoms with Crippen LogP contribution in [0, 0.1) is 5.92 Å². The average Bonchev–Trinajstić information content (AvgIpc) is 2.48. The van der Waals surface area contributed by atoms with E-state index in [-0.39, 0.29) is 0 Å². The molecule has 0 aromatic heterocycles. The normalized spacial score (nSPS) is 12.2. The molecule has 2 aromatic rings. The topological polar surface area (TPSA) is 35.2 Å². The van der Waals surface area contributed by atoms with Gasteiger partial charge in [-0.3, -0.25) is 0 Å². The molecule has 0 heterocycles. The lowest BCUT2D eigenvalue weighted by atomic mass is 9.96. The van der Waals surface area contributed by atoms with Crippen molar-refractivity contribution in [1.29, 1.82) is 0 Å². The molecule has 0 spiro atoms. The van der Waals surface area contributed by atoms with Gasteiger partial charge in [0.25, 0.3) is 0 Å². The second-order valence-corrected chi connectivity index (χ2v) is 5.31. The molecule has 2 N–H and O–H groups in total. The van der Waals surface area contributed by atoms with Crippen LogP contribution in [-0.2, 0) is 6.42 Å². The number of ether oxygens (including phenoxy) is 1. The summed E-state index contributed by atoms with van der Waals surface area (Å²) in [5, 5.41) is 0. The summed E-state index contributed by atoms with van der Waals surface area (Å²) in [6, 6.07) is 17.0. The van der Waals surface area contributed by atoms with Crippen LogP contribution >= 0.6 is 0 Å². The van der Waals surface area contributed by atoms with E-state index in [1.54, 1.807) is 7.11 Å². The Hall–Kier alpha value is -1.80. The number of rotatable bonds is 6. The molecule has 0 aliphatic carbocycles. The lowest BCUT2D eigenvalue weighted by Crippen LogP contribution is -2.07. The molecule has 0 aliphatic heterocycles. The highest BCUT2D eigenvalue weighted by Gasteiger charge is 2.03. The molecule has 2 rings (SSSR count). The van der Waals surface area contributed by atoms with E-state index in [0.717, 1.165) is 25.1 Å². The summed E-state index contributed by atoms with van der Waals surface area (Å²) in [7, 11) is 1.69. The van der Waals surface area contributed by atoms with E-state index in [9.17, 15) is 0 Å². The van der Waals surface area contributed by atoms with Gasteiger partial charge in [0.15, 0.2) is 0 Å². The van der Waals surface area contributed by atoms with Gasteiger partial charge in [0.05, 0.1) is 7.11 Å². The molecule has 0 radical (unpaired) electrons. The fourth-order valence-corrected chi connectivity index (χ4v) is 2.41. The molecule has 0 bridgehead atoms. The fraction of sp³-hybridized carbons (Fsp3) is 0.333. The highest BCUT2D eigenvalue weighted by molar-refractivity contribution is 5.64. The summed E-state index contributed by atoms with van der Waals surface area (Å²) in [6.45, 7) is 3.02. The summed E-state index contributed by atoms with van der Waals surface area (Å²) >= 11 is 0. The van der Waals surface area contributed by atoms with Gasteiger partial charge in [-0.15, -0.1) is 0 Å². The Morgan fingerprint density at radius 3 is 2.00 bits per heavy atom. The van der Waals surface area contributed by atoms with Gasteiger partial charge in [-0.1, -0.05) is 43.3 Å².